The van der Waals surface area contributed by atoms with E-state index < -0.39 is 123 Å². The third kappa shape index (κ3) is 8.04. The van der Waals surface area contributed by atoms with Crippen molar-refractivity contribution < 1.29 is 110 Å². The molecule has 0 atom stereocenters. The molecule has 0 N–H and O–H groups in total. The number of halogens is 20. The van der Waals surface area contributed by atoms with Gasteiger partial charge in [-0.25, -0.2) is 32.7 Å². The maximum Gasteiger partial charge on any atom is 1.00 e. The first-order valence-electron chi connectivity index (χ1n) is 10.0. The molecule has 1 nitrogen and oxygen atoms in total. The summed E-state index contributed by atoms with van der Waals surface area (Å²) >= 11 is -1.20. The number of hydrogen-bond acceptors (Lipinski definition) is 2. The Morgan fingerprint density at radius 1 is 0.364 bits per heavy atom. The first kappa shape index (κ1) is 40.5. The normalized spacial score (nSPS) is 14.5. The van der Waals surface area contributed by atoms with Gasteiger partial charge in [0.1, 0.15) is 0 Å². The van der Waals surface area contributed by atoms with Crippen molar-refractivity contribution in [1.29, 1.82) is 0 Å². The van der Waals surface area contributed by atoms with Crippen molar-refractivity contribution in [3.05, 3.63) is 62.8 Å². The van der Waals surface area contributed by atoms with Crippen molar-refractivity contribution in [1.82, 2.24) is 0 Å². The molecule has 0 spiro atoms. The second-order valence-electron chi connectivity index (χ2n) is 8.05. The second-order valence-corrected chi connectivity index (χ2v) is 9.96. The molecule has 0 saturated heterocycles. The van der Waals surface area contributed by atoms with Gasteiger partial charge < -0.3 is 4.13 Å². The summed E-state index contributed by atoms with van der Waals surface area (Å²) in [5.74, 6) is 0. The van der Waals surface area contributed by atoms with E-state index in [9.17, 15) is 87.8 Å². The molecule has 0 fully saturated rings. The summed E-state index contributed by atoms with van der Waals surface area (Å²) < 4.78 is 268. The molecule has 0 aliphatic rings. The van der Waals surface area contributed by atoms with E-state index in [1.807, 2.05) is 0 Å². The molecule has 0 heterocycles. The van der Waals surface area contributed by atoms with E-state index in [2.05, 4.69) is 4.13 Å². The fourth-order valence-corrected chi connectivity index (χ4v) is 4.67. The van der Waals surface area contributed by atoms with E-state index in [-0.39, 0.29) is 40.6 Å². The van der Waals surface area contributed by atoms with E-state index in [0.29, 0.717) is 0 Å². The first-order chi connectivity index (χ1) is 18.9. The molecule has 0 aliphatic carbocycles. The van der Waals surface area contributed by atoms with Gasteiger partial charge in [0.05, 0.1) is 11.1 Å². The van der Waals surface area contributed by atoms with Crippen LogP contribution in [-0.4, -0.2) is 24.7 Å². The van der Waals surface area contributed by atoms with Crippen LogP contribution >= 0.6 is 23.9 Å². The molecule has 2 aromatic rings. The van der Waals surface area contributed by atoms with Crippen LogP contribution in [-0.2, 0) is 46.1 Å². The Morgan fingerprint density at radius 2 is 0.591 bits per heavy atom. The van der Waals surface area contributed by atoms with Gasteiger partial charge in [-0.05, 0) is 46.2 Å². The van der Waals surface area contributed by atoms with E-state index in [1.54, 1.807) is 0 Å². The Labute approximate surface area is 254 Å². The van der Waals surface area contributed by atoms with Gasteiger partial charge in [0.2, 0.25) is 0 Å². The largest absolute Gasteiger partial charge is 1.00 e. The van der Waals surface area contributed by atoms with Crippen LogP contribution < -0.4 is 0 Å². The van der Waals surface area contributed by atoms with Crippen LogP contribution in [0.5, 0.6) is 0 Å². The molecule has 0 bridgehead atoms. The van der Waals surface area contributed by atoms with Gasteiger partial charge in [-0.15, -0.1) is 0 Å². The van der Waals surface area contributed by atoms with E-state index >= 15 is 0 Å². The minimum absolute atomic E-state index is 0. The van der Waals surface area contributed by atoms with Gasteiger partial charge in [0.25, 0.3) is 0 Å². The quantitative estimate of drug-likeness (QED) is 0.164. The summed E-state index contributed by atoms with van der Waals surface area (Å²) in [6.07, 6.45) is -39.4. The number of nitrogens with zero attached hydrogens (tertiary/aromatic N) is 1. The predicted octanol–water partition coefficient (Wildman–Crippen LogP) is 11.4. The Kier molecular flexibility index (Phi) is 11.6. The van der Waals surface area contributed by atoms with Crippen LogP contribution in [0, 0.1) is 0 Å². The monoisotopic (exact) mass is 811 g/mol. The van der Waals surface area contributed by atoms with Gasteiger partial charge in [0, 0.05) is 11.1 Å². The van der Waals surface area contributed by atoms with Gasteiger partial charge in [-0.1, -0.05) is 0 Å². The van der Waals surface area contributed by atoms with Crippen molar-refractivity contribution in [2.45, 2.75) is 58.2 Å². The third-order valence-electron chi connectivity index (χ3n) is 5.11. The maximum atomic E-state index is 14.6. The second kappa shape index (κ2) is 12.6. The average molecular weight is 812 g/mol. The van der Waals surface area contributed by atoms with Gasteiger partial charge >= 0.3 is 70.8 Å². The third-order valence-corrected chi connectivity index (χ3v) is 6.60. The molecule has 0 unspecified atom stereocenters. The van der Waals surface area contributed by atoms with Crippen molar-refractivity contribution in [2.24, 2.45) is 0 Å². The average Bonchev–Trinajstić information content (AvgIpc) is 2.78. The van der Waals surface area contributed by atoms with E-state index in [0.717, 1.165) is 0 Å². The van der Waals surface area contributed by atoms with Crippen LogP contribution in [0.3, 0.4) is 0 Å². The molecular weight excluding hydrogens is 806 g/mol. The van der Waals surface area contributed by atoms with E-state index in [4.69, 9.17) is 0 Å². The first-order valence-corrected chi connectivity index (χ1v) is 11.6. The molecular formula is C20H6AgF20NS2. The Balaban J connectivity index is 0.00000968. The van der Waals surface area contributed by atoms with Crippen molar-refractivity contribution >= 4 is 23.9 Å². The van der Waals surface area contributed by atoms with Gasteiger partial charge in [-0.3, -0.25) is 0 Å². The number of rotatable bonds is 6. The standard InChI is InChI=1S/C20H6F20NS2.Ag/c21-13(17(29,30)31,18(32,33)34)7-1-8(14(22,19(35,36)37)20(38,39)40)4-11(3-7)42-41-43-12-5-9(15(23,24)25)2-10(6-12)16(26,27)28;/h1-6H;/q-1;+1. The minimum Gasteiger partial charge on any atom is -0.542 e. The molecule has 2 aromatic carbocycles. The minimum atomic E-state index is -7.13. The Bertz CT molecular complexity index is 1190. The maximum absolute atomic E-state index is 14.6. The summed E-state index contributed by atoms with van der Waals surface area (Å²) in [5.41, 5.74) is -23.4. The smallest absolute Gasteiger partial charge is 0.542 e. The summed E-state index contributed by atoms with van der Waals surface area (Å²) in [7, 11) is 0. The van der Waals surface area contributed by atoms with Crippen LogP contribution in [0.4, 0.5) is 87.8 Å². The summed E-state index contributed by atoms with van der Waals surface area (Å²) in [5, 5.41) is 0. The number of alkyl halides is 20. The van der Waals surface area contributed by atoms with Gasteiger partial charge in [-0.2, -0.15) is 79.0 Å². The molecule has 0 radical (unpaired) electrons. The van der Waals surface area contributed by atoms with Crippen LogP contribution in [0.15, 0.2) is 46.2 Å². The SMILES string of the molecule is FC(F)(F)c1cc(S[N-]Sc2cc(C(F)(C(F)(F)F)C(F)(F)F)cc(C(F)(C(F)(F)F)C(F)(F)F)c2)cc(C(F)(F)F)c1.[Ag+]. The topological polar surface area (TPSA) is 14.1 Å². The van der Waals surface area contributed by atoms with Crippen LogP contribution in [0.2, 0.25) is 0 Å². The zero-order chi connectivity index (χ0) is 33.8. The number of hydrogen-bond donors (Lipinski definition) is 0. The molecule has 0 aromatic heterocycles. The molecule has 0 amide bonds. The molecule has 24 heteroatoms. The molecule has 0 aliphatic heterocycles. The van der Waals surface area contributed by atoms with Crippen LogP contribution in [0.1, 0.15) is 22.3 Å². The predicted molar refractivity (Wildman–Crippen MR) is 108 cm³/mol. The van der Waals surface area contributed by atoms with Crippen molar-refractivity contribution in [3.63, 3.8) is 0 Å². The fraction of sp³-hybridized carbons (Fsp3) is 0.400. The van der Waals surface area contributed by atoms with Crippen molar-refractivity contribution in [2.75, 3.05) is 0 Å². The zero-order valence-corrected chi connectivity index (χ0v) is 22.7. The summed E-state index contributed by atoms with van der Waals surface area (Å²) in [4.78, 5) is -2.80. The van der Waals surface area contributed by atoms with Crippen molar-refractivity contribution in [3.8, 4) is 0 Å². The summed E-state index contributed by atoms with van der Waals surface area (Å²) in [6, 6.07) is -3.00. The van der Waals surface area contributed by atoms with E-state index in [1.165, 1.54) is 0 Å². The number of benzene rings is 2. The Morgan fingerprint density at radius 3 is 0.818 bits per heavy atom. The molecule has 254 valence electrons. The molecule has 44 heavy (non-hydrogen) atoms. The van der Waals surface area contributed by atoms with Crippen LogP contribution in [0.25, 0.3) is 4.13 Å². The molecule has 2 rings (SSSR count). The van der Waals surface area contributed by atoms with Gasteiger partial charge in [0.15, 0.2) is 0 Å². The molecule has 0 saturated carbocycles. The Hall–Kier alpha value is -1.56. The summed E-state index contributed by atoms with van der Waals surface area (Å²) in [6.45, 7) is 0. The zero-order valence-electron chi connectivity index (χ0n) is 19.6. The fourth-order valence-electron chi connectivity index (χ4n) is 3.11.